The topological polar surface area (TPSA) is 94.9 Å². The number of urea groups is 1. The molecule has 4 rings (SSSR count). The summed E-state index contributed by atoms with van der Waals surface area (Å²) < 4.78 is 5.67. The highest BCUT2D eigenvalue weighted by Crippen LogP contribution is 2.21. The van der Waals surface area contributed by atoms with Crippen LogP contribution in [0.25, 0.3) is 11.0 Å². The minimum atomic E-state index is -0.194. The van der Waals surface area contributed by atoms with Gasteiger partial charge < -0.3 is 24.9 Å². The first kappa shape index (κ1) is 21.2. The number of carbonyl (C=O) groups excluding carboxylic acids is 3. The Kier molecular flexibility index (Phi) is 6.74. The highest BCUT2D eigenvalue weighted by molar-refractivity contribution is 5.96. The summed E-state index contributed by atoms with van der Waals surface area (Å²) in [5, 5.41) is 6.68. The van der Waals surface area contributed by atoms with Crippen LogP contribution in [0.5, 0.6) is 0 Å². The van der Waals surface area contributed by atoms with Crippen molar-refractivity contribution in [2.45, 2.75) is 44.6 Å². The lowest BCUT2D eigenvalue weighted by Gasteiger charge is -2.34. The van der Waals surface area contributed by atoms with Crippen LogP contribution in [0.4, 0.5) is 4.79 Å². The largest absolute Gasteiger partial charge is 0.451 e. The standard InChI is InChI=1S/C23H30N4O4/c28-21(10-11-24-23(30)25-18-7-2-1-3-8-18)26-12-14-27(15-13-26)22(29)20-16-17-6-4-5-9-19(17)31-20/h4-6,9,16,18H,1-3,7-8,10-15H2,(H2,24,25,30). The number of hydrogen-bond acceptors (Lipinski definition) is 4. The predicted octanol–water partition coefficient (Wildman–Crippen LogP) is 2.74. The molecule has 1 aliphatic carbocycles. The van der Waals surface area contributed by atoms with Gasteiger partial charge in [-0.3, -0.25) is 9.59 Å². The summed E-state index contributed by atoms with van der Waals surface area (Å²) in [6, 6.07) is 9.35. The molecule has 8 nitrogen and oxygen atoms in total. The van der Waals surface area contributed by atoms with Gasteiger partial charge in [-0.2, -0.15) is 0 Å². The molecule has 0 spiro atoms. The maximum absolute atomic E-state index is 12.7. The SMILES string of the molecule is O=C(NCCC(=O)N1CCN(C(=O)c2cc3ccccc3o2)CC1)NC1CCCCC1. The molecule has 2 aromatic rings. The van der Waals surface area contributed by atoms with Gasteiger partial charge in [0.15, 0.2) is 5.76 Å². The average molecular weight is 427 g/mol. The third-order valence-corrected chi connectivity index (χ3v) is 6.12. The lowest BCUT2D eigenvalue weighted by molar-refractivity contribution is -0.132. The smallest absolute Gasteiger partial charge is 0.315 e. The van der Waals surface area contributed by atoms with Crippen LogP contribution in [0, 0.1) is 0 Å². The van der Waals surface area contributed by atoms with Crippen LogP contribution in [0.2, 0.25) is 0 Å². The molecule has 8 heteroatoms. The maximum atomic E-state index is 12.7. The van der Waals surface area contributed by atoms with Crippen LogP contribution in [0.3, 0.4) is 0 Å². The van der Waals surface area contributed by atoms with Crippen molar-refractivity contribution in [3.8, 4) is 0 Å². The van der Waals surface area contributed by atoms with Crippen LogP contribution in [-0.2, 0) is 4.79 Å². The Morgan fingerprint density at radius 2 is 1.68 bits per heavy atom. The minimum Gasteiger partial charge on any atom is -0.451 e. The molecule has 1 aromatic heterocycles. The molecule has 0 radical (unpaired) electrons. The van der Waals surface area contributed by atoms with Gasteiger partial charge in [0.25, 0.3) is 5.91 Å². The van der Waals surface area contributed by atoms with Gasteiger partial charge in [-0.1, -0.05) is 37.5 Å². The molecule has 0 bridgehead atoms. The van der Waals surface area contributed by atoms with E-state index >= 15 is 0 Å². The molecular weight excluding hydrogens is 396 g/mol. The van der Waals surface area contributed by atoms with Crippen molar-refractivity contribution < 1.29 is 18.8 Å². The monoisotopic (exact) mass is 426 g/mol. The maximum Gasteiger partial charge on any atom is 0.315 e. The summed E-state index contributed by atoms with van der Waals surface area (Å²) in [5.41, 5.74) is 0.694. The molecule has 2 aliphatic rings. The second kappa shape index (κ2) is 9.85. The highest BCUT2D eigenvalue weighted by atomic mass is 16.3. The Hall–Kier alpha value is -3.03. The van der Waals surface area contributed by atoms with Gasteiger partial charge in [-0.05, 0) is 25.0 Å². The third kappa shape index (κ3) is 5.37. The molecule has 1 aromatic carbocycles. The van der Waals surface area contributed by atoms with Crippen molar-refractivity contribution in [1.29, 1.82) is 0 Å². The van der Waals surface area contributed by atoms with Crippen LogP contribution in [-0.4, -0.2) is 66.4 Å². The number of para-hydroxylation sites is 1. The van der Waals surface area contributed by atoms with E-state index in [2.05, 4.69) is 10.6 Å². The van der Waals surface area contributed by atoms with E-state index < -0.39 is 0 Å². The number of carbonyl (C=O) groups is 3. The second-order valence-corrected chi connectivity index (χ2v) is 8.31. The molecule has 166 valence electrons. The number of nitrogens with zero attached hydrogens (tertiary/aromatic N) is 2. The van der Waals surface area contributed by atoms with Crippen molar-refractivity contribution in [3.63, 3.8) is 0 Å². The molecule has 2 heterocycles. The fraction of sp³-hybridized carbons (Fsp3) is 0.522. The van der Waals surface area contributed by atoms with Crippen molar-refractivity contribution in [1.82, 2.24) is 20.4 Å². The first-order valence-electron chi connectivity index (χ1n) is 11.2. The second-order valence-electron chi connectivity index (χ2n) is 8.31. The number of fused-ring (bicyclic) bond motifs is 1. The van der Waals surface area contributed by atoms with Crippen LogP contribution < -0.4 is 10.6 Å². The van der Waals surface area contributed by atoms with E-state index in [1.165, 1.54) is 6.42 Å². The van der Waals surface area contributed by atoms with Gasteiger partial charge in [0.2, 0.25) is 5.91 Å². The van der Waals surface area contributed by atoms with Gasteiger partial charge in [0.05, 0.1) is 0 Å². The minimum absolute atomic E-state index is 0.00574. The van der Waals surface area contributed by atoms with Crippen LogP contribution in [0.15, 0.2) is 34.7 Å². The van der Waals surface area contributed by atoms with E-state index in [4.69, 9.17) is 4.42 Å². The lowest BCUT2D eigenvalue weighted by Crippen LogP contribution is -2.51. The highest BCUT2D eigenvalue weighted by Gasteiger charge is 2.26. The van der Waals surface area contributed by atoms with E-state index in [0.717, 1.165) is 31.1 Å². The van der Waals surface area contributed by atoms with Crippen molar-refractivity contribution in [2.75, 3.05) is 32.7 Å². The Morgan fingerprint density at radius 1 is 0.968 bits per heavy atom. The number of nitrogens with one attached hydrogen (secondary N) is 2. The summed E-state index contributed by atoms with van der Waals surface area (Å²) in [6.07, 6.45) is 5.89. The number of piperazine rings is 1. The molecule has 0 unspecified atom stereocenters. The zero-order valence-electron chi connectivity index (χ0n) is 17.8. The van der Waals surface area contributed by atoms with E-state index in [1.807, 2.05) is 24.3 Å². The Balaban J connectivity index is 1.18. The quantitative estimate of drug-likeness (QED) is 0.769. The summed E-state index contributed by atoms with van der Waals surface area (Å²) >= 11 is 0. The normalized spacial score (nSPS) is 17.5. The zero-order chi connectivity index (χ0) is 21.6. The van der Waals surface area contributed by atoms with E-state index in [1.54, 1.807) is 15.9 Å². The zero-order valence-corrected chi connectivity index (χ0v) is 17.8. The van der Waals surface area contributed by atoms with Gasteiger partial charge in [0.1, 0.15) is 5.58 Å². The van der Waals surface area contributed by atoms with E-state index in [9.17, 15) is 14.4 Å². The first-order chi connectivity index (χ1) is 15.1. The molecule has 1 aliphatic heterocycles. The third-order valence-electron chi connectivity index (χ3n) is 6.12. The summed E-state index contributed by atoms with van der Waals surface area (Å²) in [7, 11) is 0. The van der Waals surface area contributed by atoms with Gasteiger partial charge >= 0.3 is 6.03 Å². The average Bonchev–Trinajstić information content (AvgIpc) is 3.23. The summed E-state index contributed by atoms with van der Waals surface area (Å²) in [4.78, 5) is 40.7. The Labute approximate surface area is 181 Å². The van der Waals surface area contributed by atoms with E-state index in [0.29, 0.717) is 44.1 Å². The molecule has 2 fully saturated rings. The molecule has 0 atom stereocenters. The fourth-order valence-electron chi connectivity index (χ4n) is 4.33. The molecule has 1 saturated heterocycles. The number of hydrogen-bond donors (Lipinski definition) is 2. The molecule has 31 heavy (non-hydrogen) atoms. The molecule has 2 N–H and O–H groups in total. The molecule has 4 amide bonds. The van der Waals surface area contributed by atoms with E-state index in [-0.39, 0.29) is 30.3 Å². The summed E-state index contributed by atoms with van der Waals surface area (Å²) in [5.74, 6) is 0.173. The molecule has 1 saturated carbocycles. The number of rotatable bonds is 5. The summed E-state index contributed by atoms with van der Waals surface area (Å²) in [6.45, 7) is 2.22. The number of furan rings is 1. The Bertz CT molecular complexity index is 894. The fourth-order valence-corrected chi connectivity index (χ4v) is 4.33. The lowest BCUT2D eigenvalue weighted by atomic mass is 9.96. The molecular formula is C23H30N4O4. The van der Waals surface area contributed by atoms with Crippen molar-refractivity contribution in [2.24, 2.45) is 0 Å². The predicted molar refractivity (Wildman–Crippen MR) is 117 cm³/mol. The van der Waals surface area contributed by atoms with Gasteiger partial charge in [-0.25, -0.2) is 4.79 Å². The Morgan fingerprint density at radius 3 is 2.42 bits per heavy atom. The van der Waals surface area contributed by atoms with Gasteiger partial charge in [0, 0.05) is 50.6 Å². The van der Waals surface area contributed by atoms with Crippen molar-refractivity contribution in [3.05, 3.63) is 36.1 Å². The van der Waals surface area contributed by atoms with Crippen LogP contribution >= 0.6 is 0 Å². The van der Waals surface area contributed by atoms with Crippen LogP contribution in [0.1, 0.15) is 49.1 Å². The first-order valence-corrected chi connectivity index (χ1v) is 11.2. The van der Waals surface area contributed by atoms with Crippen molar-refractivity contribution >= 4 is 28.8 Å². The number of benzene rings is 1. The van der Waals surface area contributed by atoms with Gasteiger partial charge in [-0.15, -0.1) is 0 Å². The number of amides is 4.